The van der Waals surface area contributed by atoms with Crippen LogP contribution in [0.1, 0.15) is 42.0 Å². The number of rotatable bonds is 2. The zero-order valence-electron chi connectivity index (χ0n) is 13.2. The minimum absolute atomic E-state index is 0.0198. The van der Waals surface area contributed by atoms with Crippen molar-refractivity contribution in [1.82, 2.24) is 4.90 Å². The molecular weight excluding hydrogens is 266 g/mol. The second-order valence-electron chi connectivity index (χ2n) is 6.17. The van der Waals surface area contributed by atoms with Crippen LogP contribution in [0.4, 0.5) is 0 Å². The highest BCUT2D eigenvalue weighted by Crippen LogP contribution is 2.39. The molecule has 1 N–H and O–H groups in total. The lowest BCUT2D eigenvalue weighted by Gasteiger charge is -2.40. The largest absolute Gasteiger partial charge is 0.481 e. The van der Waals surface area contributed by atoms with Gasteiger partial charge in [0.2, 0.25) is 5.91 Å². The molecule has 0 radical (unpaired) electrons. The summed E-state index contributed by atoms with van der Waals surface area (Å²) in [6.45, 7) is 8.54. The molecule has 21 heavy (non-hydrogen) atoms. The molecule has 1 aromatic carbocycles. The Morgan fingerprint density at radius 2 is 1.57 bits per heavy atom. The molecule has 4 heteroatoms. The first-order valence-corrected chi connectivity index (χ1v) is 7.35. The Kier molecular flexibility index (Phi) is 4.08. The predicted octanol–water partition coefficient (Wildman–Crippen LogP) is 2.58. The third kappa shape index (κ3) is 2.67. The third-order valence-corrected chi connectivity index (χ3v) is 4.63. The molecule has 0 spiro atoms. The highest BCUT2D eigenvalue weighted by atomic mass is 16.4. The van der Waals surface area contributed by atoms with Crippen molar-refractivity contribution in [2.24, 2.45) is 0 Å². The van der Waals surface area contributed by atoms with Crippen molar-refractivity contribution in [3.05, 3.63) is 34.4 Å². The predicted molar refractivity (Wildman–Crippen MR) is 81.5 cm³/mol. The second-order valence-corrected chi connectivity index (χ2v) is 6.17. The van der Waals surface area contributed by atoms with Crippen molar-refractivity contribution in [2.45, 2.75) is 46.0 Å². The van der Waals surface area contributed by atoms with E-state index in [0.29, 0.717) is 25.9 Å². The normalized spacial score (nSPS) is 17.6. The molecule has 2 rings (SSSR count). The van der Waals surface area contributed by atoms with Crippen molar-refractivity contribution < 1.29 is 14.7 Å². The number of carboxylic acids is 1. The van der Waals surface area contributed by atoms with Gasteiger partial charge in [-0.3, -0.25) is 9.59 Å². The van der Waals surface area contributed by atoms with Crippen LogP contribution >= 0.6 is 0 Å². The Labute approximate surface area is 125 Å². The van der Waals surface area contributed by atoms with Gasteiger partial charge in [-0.25, -0.2) is 0 Å². The number of benzene rings is 1. The van der Waals surface area contributed by atoms with Crippen LogP contribution < -0.4 is 0 Å². The lowest BCUT2D eigenvalue weighted by molar-refractivity contribution is -0.148. The van der Waals surface area contributed by atoms with Crippen LogP contribution in [0.15, 0.2) is 12.1 Å². The summed E-state index contributed by atoms with van der Waals surface area (Å²) in [5.41, 5.74) is 3.28. The summed E-state index contributed by atoms with van der Waals surface area (Å²) in [4.78, 5) is 25.2. The number of amides is 1. The molecule has 114 valence electrons. The van der Waals surface area contributed by atoms with Crippen LogP contribution in [-0.2, 0) is 15.0 Å². The summed E-state index contributed by atoms with van der Waals surface area (Å²) in [6.07, 6.45) is 0.958. The number of hydrogen-bond donors (Lipinski definition) is 1. The number of likely N-dealkylation sites (tertiary alicyclic amines) is 1. The summed E-state index contributed by atoms with van der Waals surface area (Å²) in [7, 11) is 0. The van der Waals surface area contributed by atoms with E-state index in [1.54, 1.807) is 4.90 Å². The Balaban J connectivity index is 2.47. The zero-order valence-corrected chi connectivity index (χ0v) is 13.2. The molecule has 0 bridgehead atoms. The first-order valence-electron chi connectivity index (χ1n) is 7.35. The molecule has 1 aromatic rings. The average Bonchev–Trinajstić information content (AvgIpc) is 2.37. The number of nitrogens with zero attached hydrogens (tertiary/aromatic N) is 1. The molecule has 0 saturated carbocycles. The smallest absolute Gasteiger partial charge is 0.314 e. The van der Waals surface area contributed by atoms with Crippen LogP contribution in [0.2, 0.25) is 0 Å². The van der Waals surface area contributed by atoms with Gasteiger partial charge < -0.3 is 10.0 Å². The molecule has 1 heterocycles. The highest BCUT2D eigenvalue weighted by molar-refractivity contribution is 5.83. The number of carboxylic acid groups (broad SMARTS) is 1. The fourth-order valence-corrected chi connectivity index (χ4v) is 3.71. The highest BCUT2D eigenvalue weighted by Gasteiger charge is 2.45. The summed E-state index contributed by atoms with van der Waals surface area (Å²) in [5.74, 6) is -0.757. The minimum atomic E-state index is -0.867. The summed E-state index contributed by atoms with van der Waals surface area (Å²) in [5, 5.41) is 9.88. The van der Waals surface area contributed by atoms with E-state index in [-0.39, 0.29) is 5.91 Å². The van der Waals surface area contributed by atoms with Gasteiger partial charge in [-0.15, -0.1) is 0 Å². The van der Waals surface area contributed by atoms with E-state index >= 15 is 0 Å². The standard InChI is InChI=1S/C17H23NO3/c1-11-9-12(2)15(13(3)10-11)17(16(20)21)5-7-18(8-6-17)14(4)19/h9-10H,5-8H2,1-4H3,(H,20,21). The van der Waals surface area contributed by atoms with Crippen molar-refractivity contribution in [1.29, 1.82) is 0 Å². The molecule has 1 saturated heterocycles. The van der Waals surface area contributed by atoms with Gasteiger partial charge in [0.05, 0.1) is 5.41 Å². The zero-order chi connectivity index (χ0) is 15.8. The van der Waals surface area contributed by atoms with Crippen molar-refractivity contribution in [3.8, 4) is 0 Å². The lowest BCUT2D eigenvalue weighted by Crippen LogP contribution is -2.49. The second kappa shape index (κ2) is 5.51. The van der Waals surface area contributed by atoms with Gasteiger partial charge in [0.25, 0.3) is 0 Å². The summed E-state index contributed by atoms with van der Waals surface area (Å²) in [6, 6.07) is 4.09. The van der Waals surface area contributed by atoms with Gasteiger partial charge in [0, 0.05) is 20.0 Å². The topological polar surface area (TPSA) is 57.6 Å². The van der Waals surface area contributed by atoms with E-state index in [0.717, 1.165) is 22.3 Å². The molecule has 1 aliphatic rings. The maximum Gasteiger partial charge on any atom is 0.314 e. The van der Waals surface area contributed by atoms with E-state index in [1.165, 1.54) is 6.92 Å². The average molecular weight is 289 g/mol. The van der Waals surface area contributed by atoms with Crippen molar-refractivity contribution in [2.75, 3.05) is 13.1 Å². The monoisotopic (exact) mass is 289 g/mol. The van der Waals surface area contributed by atoms with Crippen LogP contribution in [-0.4, -0.2) is 35.0 Å². The first kappa shape index (κ1) is 15.5. The molecular formula is C17H23NO3. The number of carbonyl (C=O) groups is 2. The Morgan fingerprint density at radius 3 is 1.95 bits per heavy atom. The molecule has 0 unspecified atom stereocenters. The fraction of sp³-hybridized carbons (Fsp3) is 0.529. The van der Waals surface area contributed by atoms with Gasteiger partial charge in [-0.2, -0.15) is 0 Å². The fourth-order valence-electron chi connectivity index (χ4n) is 3.71. The third-order valence-electron chi connectivity index (χ3n) is 4.63. The summed E-state index contributed by atoms with van der Waals surface area (Å²) < 4.78 is 0. The molecule has 1 aliphatic heterocycles. The Hall–Kier alpha value is -1.84. The van der Waals surface area contributed by atoms with Crippen LogP contribution in [0.5, 0.6) is 0 Å². The van der Waals surface area contributed by atoms with Gasteiger partial charge >= 0.3 is 5.97 Å². The SMILES string of the molecule is CC(=O)N1CCC(C(=O)O)(c2c(C)cc(C)cc2C)CC1. The Morgan fingerprint density at radius 1 is 1.10 bits per heavy atom. The maximum atomic E-state index is 12.0. The number of aliphatic carboxylic acids is 1. The first-order chi connectivity index (χ1) is 9.78. The van der Waals surface area contributed by atoms with Crippen molar-refractivity contribution in [3.63, 3.8) is 0 Å². The number of hydrogen-bond acceptors (Lipinski definition) is 2. The van der Waals surface area contributed by atoms with E-state index in [2.05, 4.69) is 0 Å². The minimum Gasteiger partial charge on any atom is -0.481 e. The van der Waals surface area contributed by atoms with Gasteiger partial charge in [-0.1, -0.05) is 17.7 Å². The molecule has 0 aromatic heterocycles. The molecule has 1 fully saturated rings. The van der Waals surface area contributed by atoms with E-state index in [1.807, 2.05) is 32.9 Å². The molecule has 4 nitrogen and oxygen atoms in total. The van der Waals surface area contributed by atoms with Gasteiger partial charge in [0.15, 0.2) is 0 Å². The lowest BCUT2D eigenvalue weighted by atomic mass is 9.69. The number of aryl methyl sites for hydroxylation is 3. The molecule has 0 atom stereocenters. The van der Waals surface area contributed by atoms with Gasteiger partial charge in [0.1, 0.15) is 0 Å². The van der Waals surface area contributed by atoms with E-state index in [9.17, 15) is 14.7 Å². The number of carbonyl (C=O) groups excluding carboxylic acids is 1. The quantitative estimate of drug-likeness (QED) is 0.910. The maximum absolute atomic E-state index is 12.0. The van der Waals surface area contributed by atoms with Crippen LogP contribution in [0, 0.1) is 20.8 Å². The van der Waals surface area contributed by atoms with Crippen molar-refractivity contribution >= 4 is 11.9 Å². The number of piperidine rings is 1. The molecule has 1 amide bonds. The van der Waals surface area contributed by atoms with Crippen LogP contribution in [0.3, 0.4) is 0 Å². The van der Waals surface area contributed by atoms with Gasteiger partial charge in [-0.05, 0) is 50.3 Å². The Bertz CT molecular complexity index is 561. The molecule has 0 aliphatic carbocycles. The van der Waals surface area contributed by atoms with Crippen LogP contribution in [0.25, 0.3) is 0 Å². The van der Waals surface area contributed by atoms with E-state index < -0.39 is 11.4 Å². The summed E-state index contributed by atoms with van der Waals surface area (Å²) >= 11 is 0. The van der Waals surface area contributed by atoms with E-state index in [4.69, 9.17) is 0 Å².